The van der Waals surface area contributed by atoms with Crippen molar-refractivity contribution in [2.45, 2.75) is 13.3 Å². The lowest BCUT2D eigenvalue weighted by atomic mass is 10.1. The van der Waals surface area contributed by atoms with Crippen LogP contribution >= 0.6 is 22.7 Å². The number of amides is 1. The molecule has 0 aliphatic heterocycles. The number of nitrogens with one attached hydrogen (secondary N) is 1. The lowest BCUT2D eigenvalue weighted by molar-refractivity contribution is -0.115. The highest BCUT2D eigenvalue weighted by molar-refractivity contribution is 7.13. The van der Waals surface area contributed by atoms with Crippen molar-refractivity contribution in [3.63, 3.8) is 0 Å². The van der Waals surface area contributed by atoms with Gasteiger partial charge in [0.05, 0.1) is 24.3 Å². The Morgan fingerprint density at radius 3 is 2.79 bits per heavy atom. The molecule has 2 aromatic carbocycles. The van der Waals surface area contributed by atoms with Crippen LogP contribution in [0, 0.1) is 0 Å². The zero-order valence-corrected chi connectivity index (χ0v) is 17.6. The summed E-state index contributed by atoms with van der Waals surface area (Å²) in [5, 5.41) is 9.91. The lowest BCUT2D eigenvalue weighted by Gasteiger charge is -2.07. The quantitative estimate of drug-likeness (QED) is 0.392. The van der Waals surface area contributed by atoms with Gasteiger partial charge < -0.3 is 10.1 Å². The Hall–Kier alpha value is -2.96. The van der Waals surface area contributed by atoms with Gasteiger partial charge in [0.25, 0.3) is 0 Å². The molecule has 0 aliphatic carbocycles. The molecular formula is C23H20N2O2S2. The van der Waals surface area contributed by atoms with Crippen molar-refractivity contribution in [1.29, 1.82) is 0 Å². The summed E-state index contributed by atoms with van der Waals surface area (Å²) in [6, 6.07) is 17.8. The van der Waals surface area contributed by atoms with Crippen LogP contribution < -0.4 is 10.1 Å². The van der Waals surface area contributed by atoms with Crippen LogP contribution in [0.2, 0.25) is 0 Å². The monoisotopic (exact) mass is 420 g/mol. The van der Waals surface area contributed by atoms with E-state index in [1.54, 1.807) is 11.3 Å². The zero-order valence-electron chi connectivity index (χ0n) is 15.9. The molecule has 0 fully saturated rings. The molecule has 1 amide bonds. The highest BCUT2D eigenvalue weighted by atomic mass is 32.1. The minimum atomic E-state index is -0.0811. The van der Waals surface area contributed by atoms with Crippen molar-refractivity contribution >= 4 is 34.3 Å². The van der Waals surface area contributed by atoms with Gasteiger partial charge in [-0.25, -0.2) is 4.98 Å². The number of anilines is 1. The molecule has 0 bridgehead atoms. The first-order chi connectivity index (χ1) is 14.2. The van der Waals surface area contributed by atoms with E-state index in [4.69, 9.17) is 4.74 Å². The molecule has 29 heavy (non-hydrogen) atoms. The summed E-state index contributed by atoms with van der Waals surface area (Å²) in [5.74, 6) is 0.730. The van der Waals surface area contributed by atoms with E-state index in [0.29, 0.717) is 6.61 Å². The zero-order chi connectivity index (χ0) is 20.1. The van der Waals surface area contributed by atoms with Gasteiger partial charge in [-0.05, 0) is 59.1 Å². The summed E-state index contributed by atoms with van der Waals surface area (Å²) in [7, 11) is 0. The third-order valence-corrected chi connectivity index (χ3v) is 5.92. The number of thiazole rings is 1. The van der Waals surface area contributed by atoms with E-state index in [0.717, 1.165) is 38.8 Å². The number of thiophene rings is 1. The smallest absolute Gasteiger partial charge is 0.230 e. The average molecular weight is 421 g/mol. The van der Waals surface area contributed by atoms with Crippen LogP contribution in [0.5, 0.6) is 5.75 Å². The van der Waals surface area contributed by atoms with E-state index in [1.807, 2.05) is 66.2 Å². The molecule has 0 spiro atoms. The molecule has 0 aliphatic rings. The number of benzene rings is 2. The van der Waals surface area contributed by atoms with Gasteiger partial charge in [0.2, 0.25) is 5.91 Å². The lowest BCUT2D eigenvalue weighted by Crippen LogP contribution is -2.14. The molecule has 4 nitrogen and oxygen atoms in total. The van der Waals surface area contributed by atoms with Crippen molar-refractivity contribution in [3.8, 4) is 27.4 Å². The summed E-state index contributed by atoms with van der Waals surface area (Å²) in [6.45, 7) is 2.56. The molecule has 0 saturated heterocycles. The van der Waals surface area contributed by atoms with Crippen molar-refractivity contribution in [1.82, 2.24) is 4.98 Å². The van der Waals surface area contributed by atoms with Gasteiger partial charge in [-0.2, -0.15) is 11.3 Å². The van der Waals surface area contributed by atoms with Crippen molar-refractivity contribution in [3.05, 3.63) is 76.4 Å². The Kier molecular flexibility index (Phi) is 6.03. The number of hydrogen-bond donors (Lipinski definition) is 1. The first-order valence-electron chi connectivity index (χ1n) is 9.32. The first-order valence-corrected chi connectivity index (χ1v) is 11.1. The number of rotatable bonds is 7. The molecule has 146 valence electrons. The third kappa shape index (κ3) is 4.72. The summed E-state index contributed by atoms with van der Waals surface area (Å²) in [4.78, 5) is 17.2. The van der Waals surface area contributed by atoms with E-state index in [-0.39, 0.29) is 12.3 Å². The molecule has 0 saturated carbocycles. The van der Waals surface area contributed by atoms with Crippen LogP contribution in [0.15, 0.2) is 70.7 Å². The standard InChI is InChI=1S/C23H20N2O2S2/c1-2-27-21-9-4-3-8-20(21)23-25-19(15-29-23)13-22(26)24-18-7-5-6-16(12-18)17-10-11-28-14-17/h3-12,14-15H,2,13H2,1H3,(H,24,26). The number of nitrogens with zero attached hydrogens (tertiary/aromatic N) is 1. The van der Waals surface area contributed by atoms with Crippen LogP contribution in [0.4, 0.5) is 5.69 Å². The molecule has 2 aromatic heterocycles. The Balaban J connectivity index is 1.45. The molecule has 4 aromatic rings. The van der Waals surface area contributed by atoms with Crippen LogP contribution in [0.1, 0.15) is 12.6 Å². The third-order valence-electron chi connectivity index (χ3n) is 4.31. The van der Waals surface area contributed by atoms with Gasteiger partial charge in [0, 0.05) is 11.1 Å². The summed E-state index contributed by atoms with van der Waals surface area (Å²) in [5.41, 5.74) is 4.74. The minimum Gasteiger partial charge on any atom is -0.493 e. The van der Waals surface area contributed by atoms with Crippen molar-refractivity contribution in [2.24, 2.45) is 0 Å². The minimum absolute atomic E-state index is 0.0811. The molecule has 6 heteroatoms. The van der Waals surface area contributed by atoms with E-state index in [1.165, 1.54) is 11.3 Å². The normalized spacial score (nSPS) is 10.7. The molecule has 1 N–H and O–H groups in total. The molecule has 4 rings (SSSR count). The number of hydrogen-bond acceptors (Lipinski definition) is 5. The molecule has 0 unspecified atom stereocenters. The first kappa shape index (κ1) is 19.4. The SMILES string of the molecule is CCOc1ccccc1-c1nc(CC(=O)Nc2cccc(-c3ccsc3)c2)cs1. The van der Waals surface area contributed by atoms with E-state index < -0.39 is 0 Å². The van der Waals surface area contributed by atoms with Crippen LogP contribution in [-0.4, -0.2) is 17.5 Å². The van der Waals surface area contributed by atoms with Gasteiger partial charge in [-0.1, -0.05) is 24.3 Å². The summed E-state index contributed by atoms with van der Waals surface area (Å²) >= 11 is 3.18. The fourth-order valence-electron chi connectivity index (χ4n) is 3.01. The summed E-state index contributed by atoms with van der Waals surface area (Å²) < 4.78 is 5.69. The topological polar surface area (TPSA) is 51.2 Å². The number of carbonyl (C=O) groups is 1. The van der Waals surface area contributed by atoms with Crippen LogP contribution in [0.3, 0.4) is 0 Å². The van der Waals surface area contributed by atoms with Crippen molar-refractivity contribution in [2.75, 3.05) is 11.9 Å². The van der Waals surface area contributed by atoms with Gasteiger partial charge in [-0.15, -0.1) is 11.3 Å². The number of para-hydroxylation sites is 1. The van der Waals surface area contributed by atoms with E-state index in [9.17, 15) is 4.79 Å². The number of aromatic nitrogens is 1. The molecule has 0 atom stereocenters. The maximum Gasteiger partial charge on any atom is 0.230 e. The largest absolute Gasteiger partial charge is 0.493 e. The van der Waals surface area contributed by atoms with Crippen molar-refractivity contribution < 1.29 is 9.53 Å². The highest BCUT2D eigenvalue weighted by Crippen LogP contribution is 2.32. The molecule has 0 radical (unpaired) electrons. The Morgan fingerprint density at radius 2 is 1.97 bits per heavy atom. The maximum atomic E-state index is 12.5. The Labute approximate surface area is 177 Å². The fourth-order valence-corrected chi connectivity index (χ4v) is 4.53. The van der Waals surface area contributed by atoms with E-state index >= 15 is 0 Å². The number of carbonyl (C=O) groups excluding carboxylic acids is 1. The highest BCUT2D eigenvalue weighted by Gasteiger charge is 2.13. The van der Waals surface area contributed by atoms with E-state index in [2.05, 4.69) is 21.7 Å². The van der Waals surface area contributed by atoms with Gasteiger partial charge in [0.15, 0.2) is 0 Å². The Morgan fingerprint density at radius 1 is 1.07 bits per heavy atom. The molecule has 2 heterocycles. The predicted octanol–water partition coefficient (Wildman–Crippen LogP) is 6.12. The number of ether oxygens (including phenoxy) is 1. The van der Waals surface area contributed by atoms with Gasteiger partial charge in [0.1, 0.15) is 10.8 Å². The van der Waals surface area contributed by atoms with Gasteiger partial charge >= 0.3 is 0 Å². The summed E-state index contributed by atoms with van der Waals surface area (Å²) in [6.07, 6.45) is 0.232. The predicted molar refractivity (Wildman–Crippen MR) is 121 cm³/mol. The average Bonchev–Trinajstić information content (AvgIpc) is 3.41. The Bertz CT molecular complexity index is 1100. The fraction of sp³-hybridized carbons (Fsp3) is 0.130. The van der Waals surface area contributed by atoms with Crippen LogP contribution in [-0.2, 0) is 11.2 Å². The second-order valence-corrected chi connectivity index (χ2v) is 8.03. The maximum absolute atomic E-state index is 12.5. The second kappa shape index (κ2) is 9.03. The van der Waals surface area contributed by atoms with Gasteiger partial charge in [-0.3, -0.25) is 4.79 Å². The molecular weight excluding hydrogens is 400 g/mol. The second-order valence-electron chi connectivity index (χ2n) is 6.39. The van der Waals surface area contributed by atoms with Crippen LogP contribution in [0.25, 0.3) is 21.7 Å².